The molecule has 1 amide bonds. The van der Waals surface area contributed by atoms with E-state index in [4.69, 9.17) is 5.73 Å². The standard InChI is InChI=1S/C14H16N4O/c1-18(2)6-5-12(14(15)19)10-3-4-13-11(7-10)8-16-9-17-13/h3-5,7-9H,6H2,1-2H3,(H2,15,19). The third-order valence-electron chi connectivity index (χ3n) is 2.74. The molecule has 0 saturated carbocycles. The second-order valence-electron chi connectivity index (χ2n) is 4.54. The van der Waals surface area contributed by atoms with Gasteiger partial charge in [0, 0.05) is 23.7 Å². The smallest absolute Gasteiger partial charge is 0.249 e. The van der Waals surface area contributed by atoms with Crippen LogP contribution in [0.4, 0.5) is 0 Å². The van der Waals surface area contributed by atoms with Gasteiger partial charge < -0.3 is 10.6 Å². The highest BCUT2D eigenvalue weighted by Crippen LogP contribution is 2.19. The molecule has 98 valence electrons. The van der Waals surface area contributed by atoms with E-state index < -0.39 is 5.91 Å². The topological polar surface area (TPSA) is 72.1 Å². The van der Waals surface area contributed by atoms with Gasteiger partial charge in [0.15, 0.2) is 0 Å². The van der Waals surface area contributed by atoms with Crippen LogP contribution in [0.2, 0.25) is 0 Å². The van der Waals surface area contributed by atoms with Gasteiger partial charge in [-0.05, 0) is 31.8 Å². The predicted octanol–water partition coefficient (Wildman–Crippen LogP) is 1.06. The maximum absolute atomic E-state index is 11.6. The molecule has 2 N–H and O–H groups in total. The average Bonchev–Trinajstić information content (AvgIpc) is 2.38. The fourth-order valence-corrected chi connectivity index (χ4v) is 1.79. The Labute approximate surface area is 111 Å². The van der Waals surface area contributed by atoms with Gasteiger partial charge in [-0.1, -0.05) is 12.1 Å². The van der Waals surface area contributed by atoms with Crippen molar-refractivity contribution >= 4 is 22.4 Å². The van der Waals surface area contributed by atoms with Crippen molar-refractivity contribution in [1.82, 2.24) is 14.9 Å². The number of primary amides is 1. The van der Waals surface area contributed by atoms with Gasteiger partial charge >= 0.3 is 0 Å². The second kappa shape index (κ2) is 5.58. The molecule has 0 aliphatic carbocycles. The number of carbonyl (C=O) groups excluding carboxylic acids is 1. The van der Waals surface area contributed by atoms with Crippen molar-refractivity contribution in [3.63, 3.8) is 0 Å². The SMILES string of the molecule is CN(C)CC=C(C(N)=O)c1ccc2ncncc2c1. The van der Waals surface area contributed by atoms with Crippen LogP contribution in [0.15, 0.2) is 36.8 Å². The summed E-state index contributed by atoms with van der Waals surface area (Å²) in [4.78, 5) is 21.6. The van der Waals surface area contributed by atoms with Crippen molar-refractivity contribution < 1.29 is 4.79 Å². The first kappa shape index (κ1) is 13.2. The highest BCUT2D eigenvalue weighted by atomic mass is 16.1. The molecule has 1 aromatic carbocycles. The fraction of sp³-hybridized carbons (Fsp3) is 0.214. The number of carbonyl (C=O) groups is 1. The molecule has 0 aliphatic rings. The molecule has 0 bridgehead atoms. The third-order valence-corrected chi connectivity index (χ3v) is 2.74. The first-order chi connectivity index (χ1) is 9.08. The number of hydrogen-bond acceptors (Lipinski definition) is 4. The zero-order chi connectivity index (χ0) is 13.8. The molecule has 1 heterocycles. The van der Waals surface area contributed by atoms with Gasteiger partial charge in [0.2, 0.25) is 5.91 Å². The number of aromatic nitrogens is 2. The molecule has 19 heavy (non-hydrogen) atoms. The van der Waals surface area contributed by atoms with Crippen LogP contribution < -0.4 is 5.73 Å². The number of hydrogen-bond donors (Lipinski definition) is 1. The number of benzene rings is 1. The summed E-state index contributed by atoms with van der Waals surface area (Å²) in [6, 6.07) is 5.59. The summed E-state index contributed by atoms with van der Waals surface area (Å²) < 4.78 is 0. The lowest BCUT2D eigenvalue weighted by atomic mass is 10.0. The summed E-state index contributed by atoms with van der Waals surface area (Å²) in [5.41, 5.74) is 7.59. The lowest BCUT2D eigenvalue weighted by molar-refractivity contribution is -0.112. The Kier molecular flexibility index (Phi) is 3.87. The lowest BCUT2D eigenvalue weighted by Gasteiger charge is -2.09. The largest absolute Gasteiger partial charge is 0.366 e. The molecule has 5 heteroatoms. The molecule has 2 rings (SSSR count). The number of nitrogens with zero attached hydrogens (tertiary/aromatic N) is 3. The number of fused-ring (bicyclic) bond motifs is 1. The van der Waals surface area contributed by atoms with Gasteiger partial charge in [0.05, 0.1) is 5.52 Å². The van der Waals surface area contributed by atoms with E-state index in [1.165, 1.54) is 6.33 Å². The van der Waals surface area contributed by atoms with E-state index in [0.717, 1.165) is 16.5 Å². The molecular weight excluding hydrogens is 240 g/mol. The number of nitrogens with two attached hydrogens (primary N) is 1. The normalized spacial score (nSPS) is 12.1. The van der Waals surface area contributed by atoms with Gasteiger partial charge in [-0.15, -0.1) is 0 Å². The number of amides is 1. The monoisotopic (exact) mass is 256 g/mol. The first-order valence-electron chi connectivity index (χ1n) is 5.93. The Bertz CT molecular complexity index is 634. The van der Waals surface area contributed by atoms with Crippen LogP contribution in [0, 0.1) is 0 Å². The van der Waals surface area contributed by atoms with Gasteiger partial charge in [-0.2, -0.15) is 0 Å². The molecule has 2 aromatic rings. The van der Waals surface area contributed by atoms with E-state index in [9.17, 15) is 4.79 Å². The molecule has 0 fully saturated rings. The number of rotatable bonds is 4. The maximum Gasteiger partial charge on any atom is 0.249 e. The Balaban J connectivity index is 2.44. The summed E-state index contributed by atoms with van der Waals surface area (Å²) in [5, 5.41) is 0.886. The summed E-state index contributed by atoms with van der Waals surface area (Å²) >= 11 is 0. The summed E-state index contributed by atoms with van der Waals surface area (Å²) in [6.07, 6.45) is 5.04. The first-order valence-corrected chi connectivity index (χ1v) is 5.93. The minimum absolute atomic E-state index is 0.432. The molecule has 0 radical (unpaired) electrons. The molecule has 1 aromatic heterocycles. The minimum Gasteiger partial charge on any atom is -0.366 e. The Morgan fingerprint density at radius 3 is 2.89 bits per heavy atom. The molecule has 5 nitrogen and oxygen atoms in total. The Hall–Kier alpha value is -2.27. The van der Waals surface area contributed by atoms with Crippen molar-refractivity contribution in [2.75, 3.05) is 20.6 Å². The van der Waals surface area contributed by atoms with E-state index >= 15 is 0 Å². The Morgan fingerprint density at radius 2 is 2.21 bits per heavy atom. The van der Waals surface area contributed by atoms with Gasteiger partial charge in [-0.3, -0.25) is 4.79 Å². The van der Waals surface area contributed by atoms with Crippen molar-refractivity contribution in [3.05, 3.63) is 42.4 Å². The van der Waals surface area contributed by atoms with E-state index in [0.29, 0.717) is 12.1 Å². The van der Waals surface area contributed by atoms with Crippen molar-refractivity contribution in [2.45, 2.75) is 0 Å². The Morgan fingerprint density at radius 1 is 1.42 bits per heavy atom. The molecule has 0 saturated heterocycles. The van der Waals surface area contributed by atoms with Gasteiger partial charge in [-0.25, -0.2) is 9.97 Å². The fourth-order valence-electron chi connectivity index (χ4n) is 1.79. The van der Waals surface area contributed by atoms with Crippen molar-refractivity contribution in [2.24, 2.45) is 5.73 Å². The molecule has 0 unspecified atom stereocenters. The molecule has 0 spiro atoms. The highest BCUT2D eigenvalue weighted by molar-refractivity contribution is 6.19. The predicted molar refractivity (Wildman–Crippen MR) is 75.3 cm³/mol. The highest BCUT2D eigenvalue weighted by Gasteiger charge is 2.09. The van der Waals surface area contributed by atoms with E-state index in [1.54, 1.807) is 6.20 Å². The minimum atomic E-state index is -0.432. The van der Waals surface area contributed by atoms with Crippen LogP contribution in [-0.2, 0) is 4.79 Å². The van der Waals surface area contributed by atoms with Crippen LogP contribution in [0.5, 0.6) is 0 Å². The lowest BCUT2D eigenvalue weighted by Crippen LogP contribution is -2.16. The van der Waals surface area contributed by atoms with E-state index in [-0.39, 0.29) is 0 Å². The molecular formula is C14H16N4O. The quantitative estimate of drug-likeness (QED) is 0.830. The van der Waals surface area contributed by atoms with E-state index in [1.807, 2.05) is 43.3 Å². The third kappa shape index (κ3) is 3.14. The zero-order valence-electron chi connectivity index (χ0n) is 11.0. The summed E-state index contributed by atoms with van der Waals surface area (Å²) in [5.74, 6) is -0.432. The molecule has 0 atom stereocenters. The average molecular weight is 256 g/mol. The summed E-state index contributed by atoms with van der Waals surface area (Å²) in [7, 11) is 3.87. The molecule has 0 aliphatic heterocycles. The van der Waals surface area contributed by atoms with Crippen LogP contribution >= 0.6 is 0 Å². The van der Waals surface area contributed by atoms with Crippen LogP contribution in [-0.4, -0.2) is 41.4 Å². The van der Waals surface area contributed by atoms with Gasteiger partial charge in [0.25, 0.3) is 0 Å². The zero-order valence-corrected chi connectivity index (χ0v) is 11.0. The van der Waals surface area contributed by atoms with E-state index in [2.05, 4.69) is 9.97 Å². The van der Waals surface area contributed by atoms with Crippen LogP contribution in [0.25, 0.3) is 16.5 Å². The second-order valence-corrected chi connectivity index (χ2v) is 4.54. The van der Waals surface area contributed by atoms with Gasteiger partial charge in [0.1, 0.15) is 6.33 Å². The summed E-state index contributed by atoms with van der Waals surface area (Å²) in [6.45, 7) is 0.654. The number of likely N-dealkylation sites (N-methyl/N-ethyl adjacent to an activating group) is 1. The van der Waals surface area contributed by atoms with Crippen molar-refractivity contribution in [1.29, 1.82) is 0 Å². The van der Waals surface area contributed by atoms with Crippen molar-refractivity contribution in [3.8, 4) is 0 Å². The van der Waals surface area contributed by atoms with Crippen LogP contribution in [0.1, 0.15) is 5.56 Å². The maximum atomic E-state index is 11.6. The van der Waals surface area contributed by atoms with Crippen LogP contribution in [0.3, 0.4) is 0 Å².